The molecule has 1 aromatic heterocycles. The van der Waals surface area contributed by atoms with Crippen LogP contribution >= 0.6 is 39.1 Å². The highest BCUT2D eigenvalue weighted by atomic mass is 79.9. The van der Waals surface area contributed by atoms with Gasteiger partial charge in [-0.05, 0) is 43.6 Å². The fraction of sp³-hybridized carbons (Fsp3) is 0.250. The molecule has 8 heteroatoms. The number of nitrogens with zero attached hydrogens (tertiary/aromatic N) is 3. The van der Waals surface area contributed by atoms with Crippen LogP contribution < -0.4 is 9.47 Å². The van der Waals surface area contributed by atoms with Crippen molar-refractivity contribution in [1.82, 2.24) is 15.0 Å². The quantitative estimate of drug-likeness (QED) is 0.782. The number of hydrogen-bond donors (Lipinski definition) is 0. The Bertz CT molecular complexity index is 626. The Kier molecular flexibility index (Phi) is 5.01. The maximum Gasteiger partial charge on any atom is 0.329 e. The zero-order valence-electron chi connectivity index (χ0n) is 10.6. The summed E-state index contributed by atoms with van der Waals surface area (Å²) >= 11 is 15.2. The van der Waals surface area contributed by atoms with E-state index in [1.807, 2.05) is 13.8 Å². The van der Waals surface area contributed by atoms with Crippen molar-refractivity contribution in [2.75, 3.05) is 0 Å². The molecule has 1 aromatic carbocycles. The Hall–Kier alpha value is -1.11. The van der Waals surface area contributed by atoms with Gasteiger partial charge in [-0.2, -0.15) is 9.97 Å². The van der Waals surface area contributed by atoms with Crippen molar-refractivity contribution >= 4 is 39.1 Å². The number of benzene rings is 1. The van der Waals surface area contributed by atoms with Gasteiger partial charge in [0.25, 0.3) is 0 Å². The van der Waals surface area contributed by atoms with Gasteiger partial charge < -0.3 is 9.47 Å². The molecule has 2 rings (SSSR count). The fourth-order valence-corrected chi connectivity index (χ4v) is 1.92. The summed E-state index contributed by atoms with van der Waals surface area (Å²) in [6.45, 7) is 3.70. The van der Waals surface area contributed by atoms with Gasteiger partial charge in [0, 0.05) is 4.47 Å². The minimum atomic E-state index is -0.0872. The molecule has 0 radical (unpaired) electrons. The minimum absolute atomic E-state index is 0.0145. The number of ether oxygens (including phenoxy) is 2. The third-order valence-electron chi connectivity index (χ3n) is 2.00. The Labute approximate surface area is 134 Å². The van der Waals surface area contributed by atoms with Gasteiger partial charge in [-0.3, -0.25) is 0 Å². The van der Waals surface area contributed by atoms with Crippen LogP contribution in [0.1, 0.15) is 13.8 Å². The zero-order valence-corrected chi connectivity index (χ0v) is 13.7. The summed E-state index contributed by atoms with van der Waals surface area (Å²) in [5.74, 6) is 0.402. The third-order valence-corrected chi connectivity index (χ3v) is 2.98. The first-order chi connectivity index (χ1) is 9.44. The summed E-state index contributed by atoms with van der Waals surface area (Å²) in [6, 6.07) is 5.29. The Balaban J connectivity index is 2.28. The fourth-order valence-electron chi connectivity index (χ4n) is 1.28. The van der Waals surface area contributed by atoms with Crippen LogP contribution in [0.2, 0.25) is 10.3 Å². The molecule has 0 aliphatic rings. The molecule has 0 spiro atoms. The first kappa shape index (κ1) is 15.3. The van der Waals surface area contributed by atoms with E-state index in [2.05, 4.69) is 30.9 Å². The standard InChI is InChI=1S/C12H10BrCl2N3O2/c1-6(2)19-11-16-10(15)17-12(18-11)20-9-5-7(13)3-4-8(9)14/h3-6H,1-2H3. The highest BCUT2D eigenvalue weighted by Gasteiger charge is 2.11. The van der Waals surface area contributed by atoms with Crippen LogP contribution in [0.5, 0.6) is 17.8 Å². The van der Waals surface area contributed by atoms with E-state index in [1.165, 1.54) is 0 Å². The second-order valence-electron chi connectivity index (χ2n) is 4.01. The average molecular weight is 379 g/mol. The SMILES string of the molecule is CC(C)Oc1nc(Cl)nc(Oc2cc(Br)ccc2Cl)n1. The molecule has 20 heavy (non-hydrogen) atoms. The van der Waals surface area contributed by atoms with Crippen molar-refractivity contribution in [2.45, 2.75) is 20.0 Å². The van der Waals surface area contributed by atoms with E-state index < -0.39 is 0 Å². The molecule has 0 unspecified atom stereocenters. The van der Waals surface area contributed by atoms with E-state index in [4.69, 9.17) is 32.7 Å². The van der Waals surface area contributed by atoms with Crippen molar-refractivity contribution in [1.29, 1.82) is 0 Å². The molecule has 0 aliphatic heterocycles. The second-order valence-corrected chi connectivity index (χ2v) is 5.67. The van der Waals surface area contributed by atoms with Crippen LogP contribution in [0.4, 0.5) is 0 Å². The van der Waals surface area contributed by atoms with E-state index in [0.717, 1.165) is 4.47 Å². The Morgan fingerprint density at radius 2 is 1.80 bits per heavy atom. The van der Waals surface area contributed by atoms with E-state index in [9.17, 15) is 0 Å². The molecule has 0 atom stereocenters. The maximum absolute atomic E-state index is 6.03. The van der Waals surface area contributed by atoms with Gasteiger partial charge in [0.2, 0.25) is 5.28 Å². The molecular formula is C12H10BrCl2N3O2. The zero-order chi connectivity index (χ0) is 14.7. The van der Waals surface area contributed by atoms with Gasteiger partial charge in [0.05, 0.1) is 11.1 Å². The number of hydrogen-bond acceptors (Lipinski definition) is 5. The summed E-state index contributed by atoms with van der Waals surface area (Å²) in [7, 11) is 0. The lowest BCUT2D eigenvalue weighted by Gasteiger charge is -2.10. The van der Waals surface area contributed by atoms with Crippen LogP contribution in [0.3, 0.4) is 0 Å². The summed E-state index contributed by atoms with van der Waals surface area (Å²) in [5, 5.41) is 0.410. The molecule has 0 bridgehead atoms. The molecule has 0 saturated heterocycles. The van der Waals surface area contributed by atoms with Gasteiger partial charge in [-0.15, -0.1) is 4.98 Å². The van der Waals surface area contributed by atoms with Gasteiger partial charge in [0.15, 0.2) is 5.75 Å². The molecule has 0 saturated carbocycles. The lowest BCUT2D eigenvalue weighted by Crippen LogP contribution is -2.09. The topological polar surface area (TPSA) is 57.1 Å². The van der Waals surface area contributed by atoms with Gasteiger partial charge in [0.1, 0.15) is 0 Å². The number of aromatic nitrogens is 3. The van der Waals surface area contributed by atoms with Gasteiger partial charge >= 0.3 is 12.0 Å². The van der Waals surface area contributed by atoms with Gasteiger partial charge in [-0.1, -0.05) is 27.5 Å². The highest BCUT2D eigenvalue weighted by molar-refractivity contribution is 9.10. The van der Waals surface area contributed by atoms with E-state index in [-0.39, 0.29) is 23.4 Å². The summed E-state index contributed by atoms with van der Waals surface area (Å²) in [6.07, 6.45) is -0.0872. The molecule has 2 aromatic rings. The predicted molar refractivity (Wildman–Crippen MR) is 79.8 cm³/mol. The van der Waals surface area contributed by atoms with Crippen molar-refractivity contribution < 1.29 is 9.47 Å². The molecule has 106 valence electrons. The monoisotopic (exact) mass is 377 g/mol. The predicted octanol–water partition coefficient (Wildman–Crippen LogP) is 4.52. The van der Waals surface area contributed by atoms with E-state index in [1.54, 1.807) is 18.2 Å². The van der Waals surface area contributed by atoms with Crippen molar-refractivity contribution in [3.05, 3.63) is 33.0 Å². The lowest BCUT2D eigenvalue weighted by molar-refractivity contribution is 0.218. The second kappa shape index (κ2) is 6.56. The van der Waals surface area contributed by atoms with E-state index >= 15 is 0 Å². The lowest BCUT2D eigenvalue weighted by atomic mass is 10.3. The molecule has 0 aliphatic carbocycles. The molecular weight excluding hydrogens is 369 g/mol. The summed E-state index contributed by atoms with van der Waals surface area (Å²) < 4.78 is 11.7. The first-order valence-electron chi connectivity index (χ1n) is 5.65. The molecule has 0 N–H and O–H groups in total. The summed E-state index contributed by atoms with van der Waals surface area (Å²) in [5.41, 5.74) is 0. The van der Waals surface area contributed by atoms with Crippen molar-refractivity contribution in [3.8, 4) is 17.8 Å². The van der Waals surface area contributed by atoms with Crippen LogP contribution in [-0.4, -0.2) is 21.1 Å². The van der Waals surface area contributed by atoms with Crippen LogP contribution in [0.25, 0.3) is 0 Å². The van der Waals surface area contributed by atoms with Gasteiger partial charge in [-0.25, -0.2) is 0 Å². The van der Waals surface area contributed by atoms with E-state index in [0.29, 0.717) is 10.8 Å². The highest BCUT2D eigenvalue weighted by Crippen LogP contribution is 2.31. The van der Waals surface area contributed by atoms with Crippen molar-refractivity contribution in [3.63, 3.8) is 0 Å². The van der Waals surface area contributed by atoms with Crippen molar-refractivity contribution in [2.24, 2.45) is 0 Å². The molecule has 1 heterocycles. The van der Waals surface area contributed by atoms with Crippen LogP contribution in [-0.2, 0) is 0 Å². The van der Waals surface area contributed by atoms with Crippen LogP contribution in [0.15, 0.2) is 22.7 Å². The normalized spacial score (nSPS) is 10.7. The molecule has 5 nitrogen and oxygen atoms in total. The number of halogens is 3. The molecule has 0 fully saturated rings. The van der Waals surface area contributed by atoms with Crippen LogP contribution in [0, 0.1) is 0 Å². The minimum Gasteiger partial charge on any atom is -0.461 e. The molecule has 0 amide bonds. The largest absolute Gasteiger partial charge is 0.461 e. The Morgan fingerprint density at radius 3 is 2.50 bits per heavy atom. The summed E-state index contributed by atoms with van der Waals surface area (Å²) in [4.78, 5) is 11.7. The third kappa shape index (κ3) is 4.19. The first-order valence-corrected chi connectivity index (χ1v) is 7.20. The number of rotatable bonds is 4. The Morgan fingerprint density at radius 1 is 1.10 bits per heavy atom. The maximum atomic E-state index is 6.03. The average Bonchev–Trinajstić information content (AvgIpc) is 2.32. The smallest absolute Gasteiger partial charge is 0.329 e.